The average molecular weight is 501 g/mol. The van der Waals surface area contributed by atoms with E-state index < -0.39 is 10.8 Å². The van der Waals surface area contributed by atoms with Gasteiger partial charge in [0.25, 0.3) is 11.6 Å². The number of hydrogen-bond donors (Lipinski definition) is 1. The van der Waals surface area contributed by atoms with Gasteiger partial charge in [0.15, 0.2) is 5.43 Å². The minimum Gasteiger partial charge on any atom is -0.455 e. The Morgan fingerprint density at radius 3 is 2.33 bits per heavy atom. The van der Waals surface area contributed by atoms with Crippen molar-refractivity contribution in [1.29, 1.82) is 0 Å². The maximum atomic E-state index is 12.8. The van der Waals surface area contributed by atoms with Crippen LogP contribution in [0.1, 0.15) is 5.76 Å². The van der Waals surface area contributed by atoms with E-state index in [0.717, 1.165) is 0 Å². The van der Waals surface area contributed by atoms with Crippen molar-refractivity contribution in [3.8, 4) is 11.3 Å². The van der Waals surface area contributed by atoms with Crippen LogP contribution in [0.5, 0.6) is 0 Å². The van der Waals surface area contributed by atoms with E-state index in [2.05, 4.69) is 10.5 Å². The van der Waals surface area contributed by atoms with Crippen molar-refractivity contribution in [2.24, 2.45) is 5.10 Å². The Morgan fingerprint density at radius 2 is 1.69 bits per heavy atom. The summed E-state index contributed by atoms with van der Waals surface area (Å²) >= 11 is 6.16. The number of para-hydroxylation sites is 2. The Morgan fingerprint density at radius 1 is 1.03 bits per heavy atom. The molecule has 0 fully saturated rings. The van der Waals surface area contributed by atoms with Gasteiger partial charge in [0.2, 0.25) is 0 Å². The Bertz CT molecular complexity index is 1680. The molecule has 36 heavy (non-hydrogen) atoms. The van der Waals surface area contributed by atoms with Gasteiger partial charge in [-0.1, -0.05) is 35.9 Å². The fourth-order valence-corrected chi connectivity index (χ4v) is 4.25. The van der Waals surface area contributed by atoms with Crippen LogP contribution in [0.4, 0.5) is 5.69 Å². The number of nitro groups is 1. The Kier molecular flexibility index (Phi) is 6.05. The number of aromatic nitrogens is 1. The number of hydrogen-bond acceptors (Lipinski definition) is 6. The van der Waals surface area contributed by atoms with Crippen molar-refractivity contribution < 1.29 is 14.1 Å². The van der Waals surface area contributed by atoms with E-state index in [1.54, 1.807) is 53.1 Å². The lowest BCUT2D eigenvalue weighted by atomic mass is 10.1. The van der Waals surface area contributed by atoms with Crippen molar-refractivity contribution in [2.45, 2.75) is 6.54 Å². The number of nitro benzene ring substituents is 1. The first-order valence-corrected chi connectivity index (χ1v) is 11.2. The molecule has 178 valence electrons. The van der Waals surface area contributed by atoms with Gasteiger partial charge in [-0.05, 0) is 42.5 Å². The van der Waals surface area contributed by atoms with Crippen LogP contribution in [0.2, 0.25) is 5.02 Å². The minimum atomic E-state index is -0.530. The molecule has 3 aromatic carbocycles. The molecule has 0 radical (unpaired) electrons. The van der Waals surface area contributed by atoms with Gasteiger partial charge in [-0.25, -0.2) is 5.43 Å². The van der Waals surface area contributed by atoms with Crippen LogP contribution < -0.4 is 10.9 Å². The minimum absolute atomic E-state index is 0.0551. The first-order valence-electron chi connectivity index (χ1n) is 10.8. The number of benzene rings is 3. The maximum Gasteiger partial charge on any atom is 0.270 e. The molecule has 0 saturated heterocycles. The zero-order valence-electron chi connectivity index (χ0n) is 18.6. The molecule has 0 saturated carbocycles. The lowest BCUT2D eigenvalue weighted by molar-refractivity contribution is -0.384. The molecule has 0 aliphatic carbocycles. The molecular formula is C26H17ClN4O5. The normalized spacial score (nSPS) is 11.4. The van der Waals surface area contributed by atoms with E-state index in [1.165, 1.54) is 24.4 Å². The summed E-state index contributed by atoms with van der Waals surface area (Å²) in [5, 5.41) is 16.1. The molecule has 1 amide bonds. The third kappa shape index (κ3) is 4.35. The molecule has 2 heterocycles. The van der Waals surface area contributed by atoms with Crippen LogP contribution in [0.15, 0.2) is 93.2 Å². The fraction of sp³-hybridized carbons (Fsp3) is 0.0385. The number of halogens is 1. The number of fused-ring (bicyclic) bond motifs is 2. The van der Waals surface area contributed by atoms with E-state index >= 15 is 0 Å². The van der Waals surface area contributed by atoms with Crippen LogP contribution in [0, 0.1) is 10.1 Å². The maximum absolute atomic E-state index is 12.8. The first-order chi connectivity index (χ1) is 17.4. The molecular weight excluding hydrogens is 484 g/mol. The van der Waals surface area contributed by atoms with Crippen LogP contribution in [-0.2, 0) is 11.3 Å². The SMILES string of the molecule is O=C(Cn1c2ccccc2c(=O)c2ccccc21)N/N=C/c1ccc(-c2ccc([N+](=O)[O-])cc2Cl)o1. The van der Waals surface area contributed by atoms with E-state index in [4.69, 9.17) is 16.0 Å². The van der Waals surface area contributed by atoms with E-state index in [1.807, 2.05) is 12.1 Å². The number of non-ortho nitro benzene ring substituents is 1. The smallest absolute Gasteiger partial charge is 0.270 e. The van der Waals surface area contributed by atoms with Crippen molar-refractivity contribution in [1.82, 2.24) is 9.99 Å². The highest BCUT2D eigenvalue weighted by atomic mass is 35.5. The number of amides is 1. The third-order valence-electron chi connectivity index (χ3n) is 5.62. The summed E-state index contributed by atoms with van der Waals surface area (Å²) in [6.07, 6.45) is 1.34. The van der Waals surface area contributed by atoms with Gasteiger partial charge in [0.1, 0.15) is 18.1 Å². The lowest BCUT2D eigenvalue weighted by Crippen LogP contribution is -2.25. The zero-order chi connectivity index (χ0) is 25.2. The second kappa shape index (κ2) is 9.47. The molecule has 10 heteroatoms. The number of hydrazone groups is 1. The van der Waals surface area contributed by atoms with Gasteiger partial charge < -0.3 is 8.98 Å². The van der Waals surface area contributed by atoms with E-state index in [9.17, 15) is 19.7 Å². The summed E-state index contributed by atoms with van der Waals surface area (Å²) in [4.78, 5) is 35.9. The number of carbonyl (C=O) groups is 1. The molecule has 5 aromatic rings. The van der Waals surface area contributed by atoms with Gasteiger partial charge in [-0.2, -0.15) is 5.10 Å². The van der Waals surface area contributed by atoms with Gasteiger partial charge in [0, 0.05) is 28.5 Å². The van der Waals surface area contributed by atoms with Gasteiger partial charge in [-0.15, -0.1) is 0 Å². The summed E-state index contributed by atoms with van der Waals surface area (Å²) < 4.78 is 7.46. The molecule has 0 bridgehead atoms. The van der Waals surface area contributed by atoms with Crippen molar-refractivity contribution in [2.75, 3.05) is 0 Å². The summed E-state index contributed by atoms with van der Waals surface area (Å²) in [5.74, 6) is 0.350. The van der Waals surface area contributed by atoms with Crippen LogP contribution in [-0.4, -0.2) is 21.6 Å². The molecule has 5 rings (SSSR count). The van der Waals surface area contributed by atoms with Gasteiger partial charge in [0.05, 0.1) is 27.2 Å². The largest absolute Gasteiger partial charge is 0.455 e. The second-order valence-electron chi connectivity index (χ2n) is 7.87. The molecule has 0 aliphatic rings. The molecule has 9 nitrogen and oxygen atoms in total. The summed E-state index contributed by atoms with van der Waals surface area (Å²) in [6.45, 7) is -0.0551. The zero-order valence-corrected chi connectivity index (χ0v) is 19.3. The predicted octanol–water partition coefficient (Wildman–Crippen LogP) is 5.13. The Hall–Kier alpha value is -4.76. The highest BCUT2D eigenvalue weighted by molar-refractivity contribution is 6.33. The topological polar surface area (TPSA) is 120 Å². The summed E-state index contributed by atoms with van der Waals surface area (Å²) in [5.41, 5.74) is 4.05. The first kappa shape index (κ1) is 23.0. The second-order valence-corrected chi connectivity index (χ2v) is 8.27. The number of nitrogens with one attached hydrogen (secondary N) is 1. The third-order valence-corrected chi connectivity index (χ3v) is 5.93. The number of rotatable bonds is 6. The summed E-state index contributed by atoms with van der Waals surface area (Å²) in [7, 11) is 0. The standard InChI is InChI=1S/C26H17ClN4O5/c27-21-13-16(31(34)35)9-11-18(21)24-12-10-17(36-24)14-28-29-25(32)15-30-22-7-3-1-5-19(22)26(33)20-6-2-4-8-23(20)30/h1-14H,15H2,(H,29,32)/b28-14+. The average Bonchev–Trinajstić information content (AvgIpc) is 3.35. The lowest BCUT2D eigenvalue weighted by Gasteiger charge is -2.14. The highest BCUT2D eigenvalue weighted by Crippen LogP contribution is 2.32. The monoisotopic (exact) mass is 500 g/mol. The van der Waals surface area contributed by atoms with E-state index in [-0.39, 0.29) is 22.7 Å². The van der Waals surface area contributed by atoms with Crippen LogP contribution in [0.3, 0.4) is 0 Å². The fourth-order valence-electron chi connectivity index (χ4n) is 3.98. The molecule has 0 unspecified atom stereocenters. The summed E-state index contributed by atoms with van der Waals surface area (Å²) in [6, 6.07) is 21.6. The Labute approximate surface area is 208 Å². The molecule has 1 N–H and O–H groups in total. The number of nitrogens with zero attached hydrogens (tertiary/aromatic N) is 3. The number of carbonyl (C=O) groups excluding carboxylic acids is 1. The highest BCUT2D eigenvalue weighted by Gasteiger charge is 2.14. The van der Waals surface area contributed by atoms with Gasteiger partial charge in [-0.3, -0.25) is 19.7 Å². The number of furan rings is 1. The van der Waals surface area contributed by atoms with Gasteiger partial charge >= 0.3 is 0 Å². The van der Waals surface area contributed by atoms with Crippen LogP contribution >= 0.6 is 11.6 Å². The predicted molar refractivity (Wildman–Crippen MR) is 137 cm³/mol. The Balaban J connectivity index is 1.34. The molecule has 2 aromatic heterocycles. The van der Waals surface area contributed by atoms with Crippen LogP contribution in [0.25, 0.3) is 33.1 Å². The molecule has 0 aliphatic heterocycles. The quantitative estimate of drug-likeness (QED) is 0.150. The van der Waals surface area contributed by atoms with Crippen molar-refractivity contribution in [3.63, 3.8) is 0 Å². The number of pyridine rings is 1. The van der Waals surface area contributed by atoms with Crippen molar-refractivity contribution >= 4 is 51.2 Å². The van der Waals surface area contributed by atoms with Crippen molar-refractivity contribution in [3.05, 3.63) is 110 Å². The van der Waals surface area contributed by atoms with E-state index in [0.29, 0.717) is 38.9 Å². The molecule has 0 atom stereocenters. The molecule has 0 spiro atoms.